The van der Waals surface area contributed by atoms with E-state index < -0.39 is 11.5 Å². The van der Waals surface area contributed by atoms with Gasteiger partial charge in [0.25, 0.3) is 5.56 Å². The van der Waals surface area contributed by atoms with Crippen molar-refractivity contribution in [3.8, 4) is 0 Å². The summed E-state index contributed by atoms with van der Waals surface area (Å²) < 4.78 is 7.13. The minimum atomic E-state index is -0.517. The summed E-state index contributed by atoms with van der Waals surface area (Å²) in [4.78, 5) is 27.0. The van der Waals surface area contributed by atoms with E-state index >= 15 is 0 Å². The SMILES string of the molecule is CCn1nnc2c(=O)n(CC(=O)OC)cnc21. The van der Waals surface area contributed by atoms with E-state index in [0.29, 0.717) is 12.2 Å². The van der Waals surface area contributed by atoms with Crippen molar-refractivity contribution in [3.63, 3.8) is 0 Å². The van der Waals surface area contributed by atoms with E-state index in [0.717, 1.165) is 4.57 Å². The molecule has 2 aromatic rings. The smallest absolute Gasteiger partial charge is 0.325 e. The van der Waals surface area contributed by atoms with Crippen molar-refractivity contribution in [3.05, 3.63) is 16.7 Å². The Bertz CT molecular complexity index is 615. The van der Waals surface area contributed by atoms with Crippen LogP contribution < -0.4 is 5.56 Å². The van der Waals surface area contributed by atoms with Crippen LogP contribution in [-0.2, 0) is 22.6 Å². The summed E-state index contributed by atoms with van der Waals surface area (Å²) in [6.07, 6.45) is 1.29. The highest BCUT2D eigenvalue weighted by Gasteiger charge is 2.12. The summed E-state index contributed by atoms with van der Waals surface area (Å²) in [7, 11) is 1.26. The molecule has 90 valence electrons. The lowest BCUT2D eigenvalue weighted by Gasteiger charge is -2.02. The van der Waals surface area contributed by atoms with Gasteiger partial charge in [-0.05, 0) is 6.92 Å². The summed E-state index contributed by atoms with van der Waals surface area (Å²) in [6, 6.07) is 0. The molecule has 0 amide bonds. The molecule has 0 radical (unpaired) electrons. The van der Waals surface area contributed by atoms with Gasteiger partial charge < -0.3 is 4.74 Å². The summed E-state index contributed by atoms with van der Waals surface area (Å²) in [5, 5.41) is 7.54. The Kier molecular flexibility index (Phi) is 2.86. The number of carbonyl (C=O) groups is 1. The second-order valence-corrected chi connectivity index (χ2v) is 3.33. The second-order valence-electron chi connectivity index (χ2n) is 3.33. The number of esters is 1. The number of fused-ring (bicyclic) bond motifs is 1. The lowest BCUT2D eigenvalue weighted by Crippen LogP contribution is -2.25. The molecule has 8 heteroatoms. The molecule has 2 rings (SSSR count). The van der Waals surface area contributed by atoms with Crippen LogP contribution in [0.25, 0.3) is 11.2 Å². The van der Waals surface area contributed by atoms with Crippen LogP contribution >= 0.6 is 0 Å². The molecule has 0 atom stereocenters. The zero-order valence-corrected chi connectivity index (χ0v) is 9.45. The molecule has 0 saturated carbocycles. The number of aromatic nitrogens is 5. The molecule has 0 aliphatic rings. The largest absolute Gasteiger partial charge is 0.468 e. The van der Waals surface area contributed by atoms with Crippen LogP contribution in [0.2, 0.25) is 0 Å². The summed E-state index contributed by atoms with van der Waals surface area (Å²) >= 11 is 0. The van der Waals surface area contributed by atoms with Crippen molar-refractivity contribution in [1.82, 2.24) is 24.5 Å². The van der Waals surface area contributed by atoms with E-state index in [1.807, 2.05) is 6.92 Å². The standard InChI is InChI=1S/C9H11N5O3/c1-3-14-8-7(11-12-14)9(16)13(5-10-8)4-6(15)17-2/h5H,3-4H2,1-2H3. The lowest BCUT2D eigenvalue weighted by molar-refractivity contribution is -0.141. The Labute approximate surface area is 95.8 Å². The number of carbonyl (C=O) groups excluding carboxylic acids is 1. The number of nitrogens with zero attached hydrogens (tertiary/aromatic N) is 5. The van der Waals surface area contributed by atoms with Crippen LogP contribution in [0, 0.1) is 0 Å². The molecule has 0 aliphatic carbocycles. The van der Waals surface area contributed by atoms with Gasteiger partial charge in [-0.25, -0.2) is 9.67 Å². The van der Waals surface area contributed by atoms with Crippen molar-refractivity contribution in [2.24, 2.45) is 0 Å². The maximum atomic E-state index is 11.9. The minimum Gasteiger partial charge on any atom is -0.468 e. The number of rotatable bonds is 3. The fourth-order valence-electron chi connectivity index (χ4n) is 1.42. The quantitative estimate of drug-likeness (QED) is 0.648. The topological polar surface area (TPSA) is 91.9 Å². The molecular formula is C9H11N5O3. The third-order valence-corrected chi connectivity index (χ3v) is 2.32. The van der Waals surface area contributed by atoms with E-state index in [1.165, 1.54) is 18.1 Å². The summed E-state index contributed by atoms with van der Waals surface area (Å²) in [5.74, 6) is -0.517. The molecule has 0 saturated heterocycles. The summed E-state index contributed by atoms with van der Waals surface area (Å²) in [5.41, 5.74) is 0.164. The molecule has 0 unspecified atom stereocenters. The third-order valence-electron chi connectivity index (χ3n) is 2.32. The Hall–Kier alpha value is -2.25. The predicted molar refractivity (Wildman–Crippen MR) is 57.3 cm³/mol. The zero-order chi connectivity index (χ0) is 12.4. The maximum absolute atomic E-state index is 11.9. The number of hydrogen-bond acceptors (Lipinski definition) is 6. The van der Waals surface area contributed by atoms with Crippen molar-refractivity contribution in [2.75, 3.05) is 7.11 Å². The molecular weight excluding hydrogens is 226 g/mol. The third kappa shape index (κ3) is 1.88. The molecule has 0 aliphatic heterocycles. The normalized spacial score (nSPS) is 10.7. The Morgan fingerprint density at radius 1 is 1.53 bits per heavy atom. The molecule has 0 aromatic carbocycles. The van der Waals surface area contributed by atoms with Crippen LogP contribution in [0.15, 0.2) is 11.1 Å². The average Bonchev–Trinajstić information content (AvgIpc) is 2.76. The Balaban J connectivity index is 2.51. The van der Waals surface area contributed by atoms with Crippen LogP contribution in [0.4, 0.5) is 0 Å². The van der Waals surface area contributed by atoms with Gasteiger partial charge in [0.05, 0.1) is 7.11 Å². The number of aryl methyl sites for hydroxylation is 1. The Morgan fingerprint density at radius 2 is 2.29 bits per heavy atom. The lowest BCUT2D eigenvalue weighted by atomic mass is 10.5. The van der Waals surface area contributed by atoms with Crippen LogP contribution in [-0.4, -0.2) is 37.6 Å². The number of ether oxygens (including phenoxy) is 1. The van der Waals surface area contributed by atoms with Gasteiger partial charge >= 0.3 is 5.97 Å². The van der Waals surface area contributed by atoms with E-state index in [4.69, 9.17) is 0 Å². The molecule has 0 N–H and O–H groups in total. The first kappa shape index (κ1) is 11.2. The molecule has 0 bridgehead atoms. The fraction of sp³-hybridized carbons (Fsp3) is 0.444. The van der Waals surface area contributed by atoms with Crippen molar-refractivity contribution >= 4 is 17.1 Å². The minimum absolute atomic E-state index is 0.151. The maximum Gasteiger partial charge on any atom is 0.325 e. The van der Waals surface area contributed by atoms with E-state index in [1.54, 1.807) is 0 Å². The monoisotopic (exact) mass is 237 g/mol. The highest BCUT2D eigenvalue weighted by Crippen LogP contribution is 2.01. The summed E-state index contributed by atoms with van der Waals surface area (Å²) in [6.45, 7) is 2.26. The first-order valence-corrected chi connectivity index (χ1v) is 5.02. The van der Waals surface area contributed by atoms with Crippen molar-refractivity contribution < 1.29 is 9.53 Å². The van der Waals surface area contributed by atoms with Gasteiger partial charge in [-0.1, -0.05) is 5.21 Å². The molecule has 0 fully saturated rings. The van der Waals surface area contributed by atoms with E-state index in [9.17, 15) is 9.59 Å². The molecule has 0 spiro atoms. The Morgan fingerprint density at radius 3 is 2.94 bits per heavy atom. The van der Waals surface area contributed by atoms with Crippen molar-refractivity contribution in [2.45, 2.75) is 20.0 Å². The molecule has 8 nitrogen and oxygen atoms in total. The van der Waals surface area contributed by atoms with Gasteiger partial charge in [-0.2, -0.15) is 0 Å². The van der Waals surface area contributed by atoms with Crippen LogP contribution in [0.1, 0.15) is 6.92 Å². The van der Waals surface area contributed by atoms with Gasteiger partial charge in [-0.3, -0.25) is 14.2 Å². The van der Waals surface area contributed by atoms with Gasteiger partial charge in [-0.15, -0.1) is 5.10 Å². The highest BCUT2D eigenvalue weighted by molar-refractivity contribution is 5.71. The van der Waals surface area contributed by atoms with Gasteiger partial charge in [0.1, 0.15) is 12.9 Å². The number of methoxy groups -OCH3 is 1. The van der Waals surface area contributed by atoms with Crippen LogP contribution in [0.3, 0.4) is 0 Å². The van der Waals surface area contributed by atoms with Gasteiger partial charge in [0.2, 0.25) is 0 Å². The van der Waals surface area contributed by atoms with E-state index in [2.05, 4.69) is 20.0 Å². The predicted octanol–water partition coefficient (Wildman–Crippen LogP) is -0.819. The van der Waals surface area contributed by atoms with Gasteiger partial charge in [0, 0.05) is 6.54 Å². The second kappa shape index (κ2) is 4.32. The fourth-order valence-corrected chi connectivity index (χ4v) is 1.42. The zero-order valence-electron chi connectivity index (χ0n) is 9.45. The van der Waals surface area contributed by atoms with Crippen molar-refractivity contribution in [1.29, 1.82) is 0 Å². The first-order chi connectivity index (χ1) is 8.17. The molecule has 2 aromatic heterocycles. The molecule has 17 heavy (non-hydrogen) atoms. The van der Waals surface area contributed by atoms with E-state index in [-0.39, 0.29) is 12.1 Å². The molecule has 2 heterocycles. The van der Waals surface area contributed by atoms with Gasteiger partial charge in [0.15, 0.2) is 11.2 Å². The highest BCUT2D eigenvalue weighted by atomic mass is 16.5. The first-order valence-electron chi connectivity index (χ1n) is 5.02. The average molecular weight is 237 g/mol. The van der Waals surface area contributed by atoms with Crippen LogP contribution in [0.5, 0.6) is 0 Å². The number of hydrogen-bond donors (Lipinski definition) is 0.